The van der Waals surface area contributed by atoms with Gasteiger partial charge in [-0.3, -0.25) is 0 Å². The molecular weight excluding hydrogens is 678 g/mol. The van der Waals surface area contributed by atoms with Crippen LogP contribution in [0.15, 0.2) is 0 Å². The third-order valence-electron chi connectivity index (χ3n) is 0. The first kappa shape index (κ1) is 26.2. The first-order valence-corrected chi connectivity index (χ1v) is 0. The van der Waals surface area contributed by atoms with Crippen molar-refractivity contribution in [1.82, 2.24) is 0 Å². The van der Waals surface area contributed by atoms with Crippen LogP contribution in [0.25, 0.3) is 0 Å². The maximum atomic E-state index is 0. The minimum absolute atomic E-state index is 0. The average molecular weight is 678 g/mol. The van der Waals surface area contributed by atoms with E-state index in [0.717, 1.165) is 0 Å². The van der Waals surface area contributed by atoms with Gasteiger partial charge in [0.25, 0.3) is 0 Å². The zero-order chi connectivity index (χ0) is 0. The molecule has 0 atom stereocenters. The van der Waals surface area contributed by atoms with E-state index in [9.17, 15) is 0 Å². The van der Waals surface area contributed by atoms with Gasteiger partial charge in [-0.1, -0.05) is 0 Å². The smallest absolute Gasteiger partial charge is 0 e. The zero-order valence-electron chi connectivity index (χ0n) is 2.49. The van der Waals surface area contributed by atoms with Crippen molar-refractivity contribution in [2.45, 2.75) is 0 Å². The molecule has 4 heavy (non-hydrogen) atoms. The van der Waals surface area contributed by atoms with E-state index >= 15 is 0 Å². The van der Waals surface area contributed by atoms with Gasteiger partial charge in [-0.15, -0.1) is 0 Å². The maximum absolute atomic E-state index is 0. The predicted octanol–water partition coefficient (Wildman–Crippen LogP) is -0.767. The van der Waals surface area contributed by atoms with Gasteiger partial charge in [0.2, 0.25) is 0 Å². The second kappa shape index (κ2) is 16.1. The summed E-state index contributed by atoms with van der Waals surface area (Å²) in [5, 5.41) is 0. The van der Waals surface area contributed by atoms with Crippen molar-refractivity contribution < 1.29 is 47.1 Å². The first-order valence-electron chi connectivity index (χ1n) is 0. The fourth-order valence-electron chi connectivity index (χ4n) is 0. The Bertz CT molecular complexity index is 8.00. The van der Waals surface area contributed by atoms with Crippen LogP contribution < -0.4 is 0 Å². The molecule has 0 N–H and O–H groups in total. The van der Waals surface area contributed by atoms with Gasteiger partial charge in [-0.05, 0) is 0 Å². The zero-order valence-corrected chi connectivity index (χ0v) is 19.3. The quantitative estimate of drug-likeness (QED) is 0.296. The summed E-state index contributed by atoms with van der Waals surface area (Å²) in [6.45, 7) is 0. The molecule has 0 aromatic heterocycles. The second-order valence-corrected chi connectivity index (χ2v) is 0. The summed E-state index contributed by atoms with van der Waals surface area (Å²) < 4.78 is 0. The van der Waals surface area contributed by atoms with Gasteiger partial charge in [0.05, 0.1) is 0 Å². The molecule has 0 saturated carbocycles. The van der Waals surface area contributed by atoms with Gasteiger partial charge in [-0.25, -0.2) is 0 Å². The molecule has 0 saturated heterocycles. The second-order valence-electron chi connectivity index (χ2n) is 0. The number of hydrogen-bond donors (Lipinski definition) is 0. The molecule has 0 unspecified atom stereocenters. The van der Waals surface area contributed by atoms with Crippen molar-refractivity contribution in [1.29, 1.82) is 0 Å². The Kier molecular flexibility index (Phi) is 106. The molecule has 0 aliphatic carbocycles. The van der Waals surface area contributed by atoms with Crippen LogP contribution in [0.4, 0.5) is 0 Å². The van der Waals surface area contributed by atoms with E-state index in [1.54, 1.807) is 0 Å². The van der Waals surface area contributed by atoms with E-state index < -0.39 is 0 Å². The Morgan fingerprint density at radius 1 is 1.00 bits per heavy atom. The summed E-state index contributed by atoms with van der Waals surface area (Å²) in [6.07, 6.45) is 0. The largest absolute Gasteiger partial charge is 0 e. The predicted molar refractivity (Wildman–Crippen MR) is 11.5 cm³/mol. The number of hydrogen-bond acceptors (Lipinski definition) is 0. The Balaban J connectivity index is 0. The molecule has 0 aliphatic heterocycles. The van der Waals surface area contributed by atoms with Gasteiger partial charge < -0.3 is 0 Å². The molecular formula is HgPbTlZn. The van der Waals surface area contributed by atoms with Crippen molar-refractivity contribution in [2.24, 2.45) is 0 Å². The topological polar surface area (TPSA) is 0 Å². The summed E-state index contributed by atoms with van der Waals surface area (Å²) in [5.41, 5.74) is 0. The van der Waals surface area contributed by atoms with Crippen LogP contribution >= 0.6 is 0 Å². The molecule has 0 rings (SSSR count). The minimum Gasteiger partial charge on any atom is 0 e. The third kappa shape index (κ3) is 9.04. The van der Waals surface area contributed by atoms with Gasteiger partial charge in [0.15, 0.2) is 0 Å². The summed E-state index contributed by atoms with van der Waals surface area (Å²) >= 11 is 0. The van der Waals surface area contributed by atoms with Crippen LogP contribution in [0.3, 0.4) is 0 Å². The van der Waals surface area contributed by atoms with Crippen LogP contribution in [0, 0.1) is 0 Å². The SMILES string of the molecule is [Hg].[Pb].[Tl].[Zn]. The molecule has 0 amide bonds. The summed E-state index contributed by atoms with van der Waals surface area (Å²) in [4.78, 5) is 0. The molecule has 4 heteroatoms. The van der Waals surface area contributed by atoms with Crippen LogP contribution in [0.2, 0.25) is 0 Å². The molecule has 0 aromatic carbocycles. The van der Waals surface area contributed by atoms with Crippen LogP contribution in [0.5, 0.6) is 0 Å². The fraction of sp³-hybridized carbons (Fsp3) is 0. The minimum atomic E-state index is 0. The van der Waals surface area contributed by atoms with Crippen LogP contribution in [0.1, 0.15) is 0 Å². The van der Waals surface area contributed by atoms with E-state index in [-0.39, 0.29) is 102 Å². The van der Waals surface area contributed by atoms with E-state index in [1.165, 1.54) is 0 Å². The Morgan fingerprint density at radius 3 is 1.00 bits per heavy atom. The molecule has 0 nitrogen and oxygen atoms in total. The van der Waals surface area contributed by atoms with Crippen molar-refractivity contribution in [3.63, 3.8) is 0 Å². The normalized spacial score (nSPS) is 0. The van der Waals surface area contributed by atoms with E-state index in [1.807, 2.05) is 0 Å². The maximum Gasteiger partial charge on any atom is 0 e. The van der Waals surface area contributed by atoms with E-state index in [2.05, 4.69) is 0 Å². The summed E-state index contributed by atoms with van der Waals surface area (Å²) in [7, 11) is 0. The van der Waals surface area contributed by atoms with Crippen LogP contribution in [-0.4, -0.2) is 54.6 Å². The van der Waals surface area contributed by atoms with Gasteiger partial charge >= 0.3 is 0 Å². The molecule has 0 spiro atoms. The van der Waals surface area contributed by atoms with E-state index in [0.29, 0.717) is 0 Å². The monoisotopic (exact) mass is 679 g/mol. The molecule has 0 aromatic rings. The molecule has 0 fully saturated rings. The summed E-state index contributed by atoms with van der Waals surface area (Å²) in [6, 6.07) is 0. The van der Waals surface area contributed by atoms with Crippen molar-refractivity contribution in [3.05, 3.63) is 0 Å². The molecule has 0 heterocycles. The molecule has 11 valence electrons. The van der Waals surface area contributed by atoms with Gasteiger partial charge in [0, 0.05) is 102 Å². The Hall–Kier alpha value is 3.40. The Labute approximate surface area is 99.4 Å². The van der Waals surface area contributed by atoms with Gasteiger partial charge in [0.1, 0.15) is 0 Å². The standard InChI is InChI=1S/Hg.Pb.Tl.Zn. The fourth-order valence-corrected chi connectivity index (χ4v) is 0. The summed E-state index contributed by atoms with van der Waals surface area (Å²) in [5.74, 6) is 0. The molecule has 0 aliphatic rings. The molecule has 5 radical (unpaired) electrons. The van der Waals surface area contributed by atoms with Crippen molar-refractivity contribution in [3.8, 4) is 0 Å². The molecule has 0 bridgehead atoms. The van der Waals surface area contributed by atoms with Gasteiger partial charge in [-0.2, -0.15) is 0 Å². The Morgan fingerprint density at radius 2 is 1.00 bits per heavy atom. The average Bonchev–Trinajstić information content (AvgIpc) is 0. The first-order chi connectivity index (χ1) is 0. The third-order valence-corrected chi connectivity index (χ3v) is 0. The van der Waals surface area contributed by atoms with Crippen molar-refractivity contribution >= 4 is 54.6 Å². The van der Waals surface area contributed by atoms with Crippen LogP contribution in [-0.2, 0) is 47.1 Å². The number of rotatable bonds is 0. The van der Waals surface area contributed by atoms with E-state index in [4.69, 9.17) is 0 Å². The van der Waals surface area contributed by atoms with Crippen molar-refractivity contribution in [2.75, 3.05) is 0 Å².